The lowest BCUT2D eigenvalue weighted by Crippen LogP contribution is -2.65. The molecule has 140 valence electrons. The zero-order chi connectivity index (χ0) is 18.5. The fraction of sp³-hybridized carbons (Fsp3) is 0.526. The smallest absolute Gasteiger partial charge is 0.338 e. The third-order valence-electron chi connectivity index (χ3n) is 4.89. The van der Waals surface area contributed by atoms with Crippen molar-refractivity contribution >= 4 is 23.5 Å². The second kappa shape index (κ2) is 8.31. The summed E-state index contributed by atoms with van der Waals surface area (Å²) in [6.45, 7) is 2.06. The lowest BCUT2D eigenvalue weighted by Gasteiger charge is -2.40. The van der Waals surface area contributed by atoms with E-state index in [4.69, 9.17) is 4.74 Å². The maximum Gasteiger partial charge on any atom is 0.338 e. The molecule has 1 aliphatic carbocycles. The maximum atomic E-state index is 12.3. The molecule has 7 heteroatoms. The van der Waals surface area contributed by atoms with Gasteiger partial charge in [0, 0.05) is 17.8 Å². The number of piperazine rings is 1. The number of benzene rings is 1. The summed E-state index contributed by atoms with van der Waals surface area (Å²) in [5, 5.41) is 9.13. The highest BCUT2D eigenvalue weighted by Crippen LogP contribution is 2.22. The van der Waals surface area contributed by atoms with Gasteiger partial charge in [-0.05, 0) is 44.0 Å². The first-order valence-electron chi connectivity index (χ1n) is 9.20. The summed E-state index contributed by atoms with van der Waals surface area (Å²) in [5.41, 5.74) is 1.01. The second-order valence-electron chi connectivity index (χ2n) is 6.78. The van der Waals surface area contributed by atoms with Crippen LogP contribution in [0.1, 0.15) is 49.4 Å². The molecular formula is C19H25N3O4. The first-order valence-corrected chi connectivity index (χ1v) is 9.20. The van der Waals surface area contributed by atoms with Crippen molar-refractivity contribution in [1.29, 1.82) is 0 Å². The number of anilines is 1. The summed E-state index contributed by atoms with van der Waals surface area (Å²) < 4.78 is 4.93. The van der Waals surface area contributed by atoms with Gasteiger partial charge in [0.2, 0.25) is 11.8 Å². The van der Waals surface area contributed by atoms with E-state index < -0.39 is 12.0 Å². The highest BCUT2D eigenvalue weighted by Gasteiger charge is 2.36. The van der Waals surface area contributed by atoms with Crippen LogP contribution in [0.5, 0.6) is 0 Å². The molecule has 2 amide bonds. The van der Waals surface area contributed by atoms with E-state index in [1.165, 1.54) is 0 Å². The number of amides is 2. The van der Waals surface area contributed by atoms with Crippen molar-refractivity contribution in [3.05, 3.63) is 29.8 Å². The standard InChI is InChI=1S/C19H25N3O4/c1-2-26-19(25)12-7-9-13(10-8-12)20-17(23)11-16-18(24)22-15-6-4-3-5-14(15)21-16/h7-10,14-16,21H,2-6,11H2,1H3,(H,20,23)(H,22,24)/t14-,15-,16+/m0/s1. The number of hydrogen-bond acceptors (Lipinski definition) is 5. The van der Waals surface area contributed by atoms with Gasteiger partial charge in [-0.15, -0.1) is 0 Å². The zero-order valence-electron chi connectivity index (χ0n) is 14.9. The summed E-state index contributed by atoms with van der Waals surface area (Å²) in [6.07, 6.45) is 4.38. The quantitative estimate of drug-likeness (QED) is 0.694. The minimum atomic E-state index is -0.506. The SMILES string of the molecule is CCOC(=O)c1ccc(NC(=O)C[C@H]2N[C@H]3CCCC[C@@H]3NC2=O)cc1. The Labute approximate surface area is 152 Å². The molecule has 3 N–H and O–H groups in total. The Morgan fingerprint density at radius 3 is 2.54 bits per heavy atom. The van der Waals surface area contributed by atoms with Gasteiger partial charge >= 0.3 is 5.97 Å². The van der Waals surface area contributed by atoms with Gasteiger partial charge < -0.3 is 20.7 Å². The Morgan fingerprint density at radius 2 is 1.85 bits per heavy atom. The molecule has 2 aliphatic rings. The van der Waals surface area contributed by atoms with E-state index in [0.29, 0.717) is 17.9 Å². The second-order valence-corrected chi connectivity index (χ2v) is 6.78. The van der Waals surface area contributed by atoms with Crippen molar-refractivity contribution in [2.45, 2.75) is 57.2 Å². The van der Waals surface area contributed by atoms with Crippen molar-refractivity contribution in [2.75, 3.05) is 11.9 Å². The molecule has 0 aromatic heterocycles. The Balaban J connectivity index is 1.53. The van der Waals surface area contributed by atoms with Crippen LogP contribution < -0.4 is 16.0 Å². The molecule has 1 aromatic carbocycles. The highest BCUT2D eigenvalue weighted by molar-refractivity contribution is 5.96. The van der Waals surface area contributed by atoms with E-state index in [1.54, 1.807) is 31.2 Å². The Morgan fingerprint density at radius 1 is 1.15 bits per heavy atom. The number of fused-ring (bicyclic) bond motifs is 1. The van der Waals surface area contributed by atoms with Crippen molar-refractivity contribution in [1.82, 2.24) is 10.6 Å². The van der Waals surface area contributed by atoms with E-state index in [2.05, 4.69) is 16.0 Å². The summed E-state index contributed by atoms with van der Waals surface area (Å²) in [5.74, 6) is -0.743. The van der Waals surface area contributed by atoms with Crippen LogP contribution in [0, 0.1) is 0 Å². The molecular weight excluding hydrogens is 334 g/mol. The fourth-order valence-electron chi connectivity index (χ4n) is 3.57. The van der Waals surface area contributed by atoms with Gasteiger partial charge in [-0.2, -0.15) is 0 Å². The molecule has 1 saturated carbocycles. The third kappa shape index (κ3) is 4.40. The number of ether oxygens (including phenoxy) is 1. The summed E-state index contributed by atoms with van der Waals surface area (Å²) in [4.78, 5) is 36.1. The molecule has 1 aliphatic heterocycles. The molecule has 0 unspecified atom stereocenters. The van der Waals surface area contributed by atoms with Crippen LogP contribution in [0.15, 0.2) is 24.3 Å². The largest absolute Gasteiger partial charge is 0.462 e. The van der Waals surface area contributed by atoms with Gasteiger partial charge in [-0.3, -0.25) is 9.59 Å². The van der Waals surface area contributed by atoms with E-state index in [1.807, 2.05) is 0 Å². The Bertz CT molecular complexity index is 674. The molecule has 0 bridgehead atoms. The molecule has 7 nitrogen and oxygen atoms in total. The van der Waals surface area contributed by atoms with Crippen LogP contribution >= 0.6 is 0 Å². The van der Waals surface area contributed by atoms with Crippen molar-refractivity contribution in [3.8, 4) is 0 Å². The van der Waals surface area contributed by atoms with Crippen LogP contribution in [0.3, 0.4) is 0 Å². The zero-order valence-corrected chi connectivity index (χ0v) is 14.9. The first-order chi connectivity index (χ1) is 12.6. The van der Waals surface area contributed by atoms with Gasteiger partial charge in [0.1, 0.15) is 0 Å². The fourth-order valence-corrected chi connectivity index (χ4v) is 3.57. The average molecular weight is 359 g/mol. The average Bonchev–Trinajstić information content (AvgIpc) is 2.63. The molecule has 0 spiro atoms. The van der Waals surface area contributed by atoms with Gasteiger partial charge in [-0.25, -0.2) is 4.79 Å². The molecule has 3 rings (SSSR count). The van der Waals surface area contributed by atoms with Crippen LogP contribution in [-0.4, -0.2) is 42.5 Å². The molecule has 1 heterocycles. The Hall–Kier alpha value is -2.41. The van der Waals surface area contributed by atoms with E-state index >= 15 is 0 Å². The van der Waals surface area contributed by atoms with Gasteiger partial charge in [0.05, 0.1) is 24.6 Å². The maximum absolute atomic E-state index is 12.3. The molecule has 26 heavy (non-hydrogen) atoms. The molecule has 2 fully saturated rings. The molecule has 1 aromatic rings. The monoisotopic (exact) mass is 359 g/mol. The number of hydrogen-bond donors (Lipinski definition) is 3. The van der Waals surface area contributed by atoms with Crippen LogP contribution in [-0.2, 0) is 14.3 Å². The van der Waals surface area contributed by atoms with Crippen molar-refractivity contribution in [2.24, 2.45) is 0 Å². The molecule has 0 radical (unpaired) electrons. The molecule has 1 saturated heterocycles. The van der Waals surface area contributed by atoms with Crippen molar-refractivity contribution < 1.29 is 19.1 Å². The van der Waals surface area contributed by atoms with Gasteiger partial charge in [-0.1, -0.05) is 12.8 Å². The van der Waals surface area contributed by atoms with Crippen LogP contribution in [0.2, 0.25) is 0 Å². The van der Waals surface area contributed by atoms with Gasteiger partial charge in [0.25, 0.3) is 0 Å². The lowest BCUT2D eigenvalue weighted by molar-refractivity contribution is -0.129. The first kappa shape index (κ1) is 18.4. The number of nitrogens with one attached hydrogen (secondary N) is 3. The third-order valence-corrected chi connectivity index (χ3v) is 4.89. The van der Waals surface area contributed by atoms with Crippen LogP contribution in [0.4, 0.5) is 5.69 Å². The summed E-state index contributed by atoms with van der Waals surface area (Å²) in [6, 6.07) is 6.44. The summed E-state index contributed by atoms with van der Waals surface area (Å²) in [7, 11) is 0. The van der Waals surface area contributed by atoms with E-state index in [9.17, 15) is 14.4 Å². The Kier molecular flexibility index (Phi) is 5.88. The normalized spacial score (nSPS) is 25.0. The minimum absolute atomic E-state index is 0.0781. The number of carbonyl (C=O) groups excluding carboxylic acids is 3. The number of esters is 1. The predicted octanol–water partition coefficient (Wildman–Crippen LogP) is 1.59. The topological polar surface area (TPSA) is 96.5 Å². The van der Waals surface area contributed by atoms with Crippen LogP contribution in [0.25, 0.3) is 0 Å². The summed E-state index contributed by atoms with van der Waals surface area (Å²) >= 11 is 0. The molecule has 3 atom stereocenters. The number of carbonyl (C=O) groups is 3. The van der Waals surface area contributed by atoms with E-state index in [0.717, 1.165) is 25.7 Å². The van der Waals surface area contributed by atoms with Gasteiger partial charge in [0.15, 0.2) is 0 Å². The minimum Gasteiger partial charge on any atom is -0.462 e. The van der Waals surface area contributed by atoms with Crippen molar-refractivity contribution in [3.63, 3.8) is 0 Å². The highest BCUT2D eigenvalue weighted by atomic mass is 16.5. The lowest BCUT2D eigenvalue weighted by atomic mass is 9.87. The predicted molar refractivity (Wildman–Crippen MR) is 96.8 cm³/mol. The van der Waals surface area contributed by atoms with E-state index in [-0.39, 0.29) is 30.3 Å². The number of rotatable bonds is 5.